The molecule has 0 unspecified atom stereocenters. The van der Waals surface area contributed by atoms with Crippen molar-refractivity contribution in [2.24, 2.45) is 5.73 Å². The van der Waals surface area contributed by atoms with E-state index in [0.29, 0.717) is 22.8 Å². The van der Waals surface area contributed by atoms with Gasteiger partial charge in [0.1, 0.15) is 22.8 Å². The molecule has 0 saturated carbocycles. The molecule has 3 aromatic carbocycles. The molecule has 0 aliphatic heterocycles. The molecule has 0 atom stereocenters. The van der Waals surface area contributed by atoms with Gasteiger partial charge in [0.2, 0.25) is 0 Å². The van der Waals surface area contributed by atoms with Gasteiger partial charge in [-0.15, -0.1) is 0 Å². The number of fused-ring (bicyclic) bond motifs is 1. The zero-order valence-electron chi connectivity index (χ0n) is 19.4. The number of carbonyl (C=O) groups excluding carboxylic acids is 1. The molecule has 36 heavy (non-hydrogen) atoms. The minimum atomic E-state index is -0.605. The van der Waals surface area contributed by atoms with Gasteiger partial charge in [-0.2, -0.15) is 5.10 Å². The number of para-hydroxylation sites is 1. The molecule has 7 nitrogen and oxygen atoms in total. The van der Waals surface area contributed by atoms with Crippen molar-refractivity contribution in [3.63, 3.8) is 0 Å². The number of amides is 1. The number of aromatic nitrogens is 3. The minimum Gasteiger partial charge on any atom is -0.457 e. The largest absolute Gasteiger partial charge is 0.457 e. The van der Waals surface area contributed by atoms with Crippen LogP contribution in [0.2, 0.25) is 0 Å². The van der Waals surface area contributed by atoms with Crippen LogP contribution in [0.3, 0.4) is 0 Å². The number of rotatable bonds is 8. The highest BCUT2D eigenvalue weighted by atomic mass is 16.5. The molecule has 0 aliphatic rings. The van der Waals surface area contributed by atoms with Crippen LogP contribution in [0.4, 0.5) is 5.69 Å². The number of anilines is 1. The first-order valence-corrected chi connectivity index (χ1v) is 11.2. The topological polar surface area (TPSA) is 94.5 Å². The van der Waals surface area contributed by atoms with Crippen molar-refractivity contribution in [2.45, 2.75) is 0 Å². The molecular formula is C29H23N5O2. The lowest BCUT2D eigenvalue weighted by molar-refractivity contribution is 0.100. The third-order valence-electron chi connectivity index (χ3n) is 5.58. The molecule has 1 amide bonds. The van der Waals surface area contributed by atoms with Gasteiger partial charge < -0.3 is 15.8 Å². The van der Waals surface area contributed by atoms with E-state index in [2.05, 4.69) is 23.5 Å². The number of hydrogen-bond donors (Lipinski definition) is 2. The van der Waals surface area contributed by atoms with Gasteiger partial charge in [0.15, 0.2) is 5.65 Å². The maximum Gasteiger partial charge on any atom is 0.254 e. The lowest BCUT2D eigenvalue weighted by Gasteiger charge is -2.09. The molecule has 0 aliphatic carbocycles. The zero-order chi connectivity index (χ0) is 25.1. The number of benzene rings is 3. The number of nitrogens with one attached hydrogen (secondary N) is 1. The van der Waals surface area contributed by atoms with Crippen molar-refractivity contribution in [3.8, 4) is 34.0 Å². The summed E-state index contributed by atoms with van der Waals surface area (Å²) in [6.07, 6.45) is 3.29. The normalized spacial score (nSPS) is 10.7. The average molecular weight is 474 g/mol. The lowest BCUT2D eigenvalue weighted by Crippen LogP contribution is -2.12. The molecule has 0 saturated heterocycles. The smallest absolute Gasteiger partial charge is 0.254 e. The van der Waals surface area contributed by atoms with Crippen LogP contribution in [-0.2, 0) is 0 Å². The summed E-state index contributed by atoms with van der Waals surface area (Å²) in [4.78, 5) is 16.9. The molecule has 3 N–H and O–H groups in total. The fraction of sp³-hybridized carbons (Fsp3) is 0. The van der Waals surface area contributed by atoms with Gasteiger partial charge >= 0.3 is 0 Å². The summed E-state index contributed by atoms with van der Waals surface area (Å²) in [5.41, 5.74) is 10.8. The van der Waals surface area contributed by atoms with Gasteiger partial charge in [0, 0.05) is 28.7 Å². The van der Waals surface area contributed by atoms with Crippen LogP contribution in [0.25, 0.3) is 28.2 Å². The van der Waals surface area contributed by atoms with Gasteiger partial charge in [-0.3, -0.25) is 4.79 Å². The van der Waals surface area contributed by atoms with E-state index in [-0.39, 0.29) is 5.56 Å². The number of carbonyl (C=O) groups is 1. The first kappa shape index (κ1) is 22.6. The molecule has 2 heterocycles. The maximum atomic E-state index is 12.5. The Bertz CT molecular complexity index is 1590. The van der Waals surface area contributed by atoms with Crippen LogP contribution in [-0.4, -0.2) is 20.5 Å². The number of nitrogens with two attached hydrogens (primary N) is 1. The van der Waals surface area contributed by atoms with Crippen molar-refractivity contribution in [3.05, 3.63) is 122 Å². The van der Waals surface area contributed by atoms with Crippen LogP contribution < -0.4 is 15.8 Å². The van der Waals surface area contributed by atoms with Gasteiger partial charge in [-0.25, -0.2) is 9.50 Å². The highest BCUT2D eigenvalue weighted by molar-refractivity contribution is 6.05. The van der Waals surface area contributed by atoms with Gasteiger partial charge in [-0.05, 0) is 60.7 Å². The van der Waals surface area contributed by atoms with E-state index in [1.54, 1.807) is 16.8 Å². The lowest BCUT2D eigenvalue weighted by atomic mass is 10.1. The summed E-state index contributed by atoms with van der Waals surface area (Å²) in [7, 11) is 0. The standard InChI is InChI=1S/C29H23N5O2/c1-3-19(2)32-22-9-7-8-21(18-22)25-16-17-31-29-26(28(30)35)27(33-34(25)29)20-12-14-24(15-13-20)36-23-10-5-4-6-11-23/h3-18,32H,1-2H2,(H2,30,35). The first-order valence-electron chi connectivity index (χ1n) is 11.2. The molecule has 7 heteroatoms. The molecular weight excluding hydrogens is 450 g/mol. The van der Waals surface area contributed by atoms with Crippen molar-refractivity contribution < 1.29 is 9.53 Å². The molecule has 2 aromatic heterocycles. The van der Waals surface area contributed by atoms with E-state index < -0.39 is 5.91 Å². The summed E-state index contributed by atoms with van der Waals surface area (Å²) >= 11 is 0. The van der Waals surface area contributed by atoms with Gasteiger partial charge in [0.25, 0.3) is 5.91 Å². The molecule has 0 radical (unpaired) electrons. The number of ether oxygens (including phenoxy) is 1. The quantitative estimate of drug-likeness (QED) is 0.267. The number of hydrogen-bond acceptors (Lipinski definition) is 5. The fourth-order valence-electron chi connectivity index (χ4n) is 3.89. The predicted octanol–water partition coefficient (Wildman–Crippen LogP) is 6.07. The van der Waals surface area contributed by atoms with Crippen molar-refractivity contribution in [2.75, 3.05) is 5.32 Å². The van der Waals surface area contributed by atoms with E-state index in [1.807, 2.05) is 84.9 Å². The van der Waals surface area contributed by atoms with E-state index in [4.69, 9.17) is 15.6 Å². The molecule has 5 rings (SSSR count). The van der Waals surface area contributed by atoms with Crippen molar-refractivity contribution in [1.82, 2.24) is 14.6 Å². The van der Waals surface area contributed by atoms with Crippen LogP contribution in [0, 0.1) is 0 Å². The molecule has 0 fully saturated rings. The first-order chi connectivity index (χ1) is 17.5. The number of allylic oxidation sites excluding steroid dienone is 1. The van der Waals surface area contributed by atoms with Crippen LogP contribution in [0.5, 0.6) is 11.5 Å². The Morgan fingerprint density at radius 1 is 0.944 bits per heavy atom. The second-order valence-electron chi connectivity index (χ2n) is 8.03. The Kier molecular flexibility index (Phi) is 6.03. The Morgan fingerprint density at radius 3 is 2.42 bits per heavy atom. The van der Waals surface area contributed by atoms with E-state index in [1.165, 1.54) is 0 Å². The summed E-state index contributed by atoms with van der Waals surface area (Å²) < 4.78 is 7.53. The third-order valence-corrected chi connectivity index (χ3v) is 5.58. The number of nitrogens with zero attached hydrogens (tertiary/aromatic N) is 3. The van der Waals surface area contributed by atoms with E-state index >= 15 is 0 Å². The van der Waals surface area contributed by atoms with E-state index in [0.717, 1.165) is 28.3 Å². The minimum absolute atomic E-state index is 0.253. The van der Waals surface area contributed by atoms with Crippen molar-refractivity contribution in [1.29, 1.82) is 0 Å². The Hall–Kier alpha value is -5.17. The van der Waals surface area contributed by atoms with Crippen molar-refractivity contribution >= 4 is 17.2 Å². The second-order valence-corrected chi connectivity index (χ2v) is 8.03. The summed E-state index contributed by atoms with van der Waals surface area (Å²) in [6, 6.07) is 26.5. The Balaban J connectivity index is 1.56. The summed E-state index contributed by atoms with van der Waals surface area (Å²) in [5, 5.41) is 7.95. The Morgan fingerprint density at radius 2 is 1.69 bits per heavy atom. The summed E-state index contributed by atoms with van der Waals surface area (Å²) in [5.74, 6) is 0.795. The zero-order valence-corrected chi connectivity index (χ0v) is 19.4. The molecule has 0 spiro atoms. The second kappa shape index (κ2) is 9.60. The predicted molar refractivity (Wildman–Crippen MR) is 142 cm³/mol. The summed E-state index contributed by atoms with van der Waals surface area (Å²) in [6.45, 7) is 7.63. The maximum absolute atomic E-state index is 12.5. The SMILES string of the molecule is C=CC(=C)Nc1cccc(-c2ccnc3c(C(N)=O)c(-c4ccc(Oc5ccccc5)cc4)nn23)c1. The highest BCUT2D eigenvalue weighted by Gasteiger charge is 2.22. The molecule has 0 bridgehead atoms. The van der Waals surface area contributed by atoms with E-state index in [9.17, 15) is 4.79 Å². The van der Waals surface area contributed by atoms with Crippen LogP contribution in [0.1, 0.15) is 10.4 Å². The van der Waals surface area contributed by atoms with Gasteiger partial charge in [0.05, 0.1) is 5.69 Å². The Labute approximate surface area is 208 Å². The fourth-order valence-corrected chi connectivity index (χ4v) is 3.89. The van der Waals surface area contributed by atoms with Crippen LogP contribution >= 0.6 is 0 Å². The molecule has 5 aromatic rings. The van der Waals surface area contributed by atoms with Gasteiger partial charge in [-0.1, -0.05) is 43.5 Å². The highest BCUT2D eigenvalue weighted by Crippen LogP contribution is 2.31. The number of primary amides is 1. The average Bonchev–Trinajstić information content (AvgIpc) is 3.30. The monoisotopic (exact) mass is 473 g/mol. The molecule has 176 valence electrons. The van der Waals surface area contributed by atoms with Crippen LogP contribution in [0.15, 0.2) is 116 Å². The third kappa shape index (κ3) is 4.45.